The molecule has 125 heavy (non-hydrogen) atoms. The number of nitrogens with one attached hydrogen (secondary N) is 7. The number of carbonyl (C=O) groups is 7. The van der Waals surface area contributed by atoms with Crippen molar-refractivity contribution in [2.75, 3.05) is 50.9 Å². The number of nitrogens with zero attached hydrogens (tertiary/aromatic N) is 12. The molecule has 28 heteroatoms. The van der Waals surface area contributed by atoms with Crippen LogP contribution in [0.15, 0.2) is 315 Å². The monoisotopic (exact) mass is 1660 g/mol. The lowest BCUT2D eigenvalue weighted by Gasteiger charge is -2.09. The SMILES string of the molecule is COc1ccccc1C(=O)Nc1nc(NC(=O)c2ccccc2C)nn1-c1ccccc1.Cc1cccc(C(=O)Cc2nc(NC(=O)c3cccc(C)c3)n(-c3ccccc3)n2)c1.Cc1ccccc1C(=O)Nc1nc(NC(=O)c2ccccc2C)n(-c2ccc(F)cc2)n1.Cc1ccccc1C(=O)Nc1nc(NCCc2ccccc2)n(-c2ccccc2)n1. The number of aromatic nitrogens is 12. The standard InChI is InChI=1S/C25H22N4O2.C24H20FN5O2.C24H21N5O3.C24H23N5O/c1-17-8-6-10-19(14-17)22(30)16-23-26-25(29(28-23)21-12-4-3-5-13-21)27-24(31)20-11-7-9-18(2)15-20;1-15-7-3-5-9-19(15)21(31)26-23-28-24(27-22(32)20-10-6-4-8-16(20)2)30(29-23)18-13-11-17(25)12-14-18;1-16-10-6-7-13-18(16)21(30)25-23-27-24(29(28-23)17-11-4-3-5-12-17)26-22(31)19-14-8-9-15-20(19)32-2;1-18-10-8-9-15-21(18)22(30)26-23-27-24(25-17-16-19-11-4-2-5-12-19)29(28-23)20-13-6-3-7-14-20/h3-15H,16H2,1-2H3,(H,26,27,28,31);3-14H,1-2H3,(H2,26,27,28,29,31,32);3-15H,1-2H3,(H2,25,26,27,28,30,31);2-15H,16-17H2,1H3,(H2,25,26,27,28,30). The quantitative estimate of drug-likeness (QED) is 0.0276. The topological polar surface area (TPSA) is 336 Å². The second-order valence-corrected chi connectivity index (χ2v) is 28.4. The van der Waals surface area contributed by atoms with E-state index in [0.29, 0.717) is 74.4 Å². The summed E-state index contributed by atoms with van der Waals surface area (Å²) in [6.45, 7) is 12.0. The summed E-state index contributed by atoms with van der Waals surface area (Å²) < 4.78 is 24.7. The minimum Gasteiger partial charge on any atom is -0.496 e. The van der Waals surface area contributed by atoms with Gasteiger partial charge in [0.1, 0.15) is 11.6 Å². The van der Waals surface area contributed by atoms with Crippen molar-refractivity contribution in [1.82, 2.24) is 59.1 Å². The third-order valence-corrected chi connectivity index (χ3v) is 19.3. The summed E-state index contributed by atoms with van der Waals surface area (Å²) in [4.78, 5) is 107. The smallest absolute Gasteiger partial charge is 0.261 e. The Labute approximate surface area is 719 Å². The zero-order valence-electron chi connectivity index (χ0n) is 69.2. The molecular formula is C97H86FN19O8. The van der Waals surface area contributed by atoms with E-state index in [2.05, 4.69) is 89.7 Å². The molecule has 4 heterocycles. The average molecular weight is 1660 g/mol. The van der Waals surface area contributed by atoms with Gasteiger partial charge in [0.25, 0.3) is 53.3 Å². The van der Waals surface area contributed by atoms with E-state index in [0.717, 1.165) is 51.2 Å². The summed E-state index contributed by atoms with van der Waals surface area (Å²) in [5.74, 6) is -0.310. The van der Waals surface area contributed by atoms with Crippen LogP contribution in [0.1, 0.15) is 117 Å². The second kappa shape index (κ2) is 41.3. The number of methoxy groups -OCH3 is 1. The van der Waals surface area contributed by atoms with E-state index in [1.807, 2.05) is 236 Å². The average Bonchev–Trinajstić information content (AvgIpc) is 1.69. The van der Waals surface area contributed by atoms with Gasteiger partial charge in [-0.3, -0.25) is 65.5 Å². The van der Waals surface area contributed by atoms with Crippen molar-refractivity contribution in [3.05, 3.63) is 405 Å². The Morgan fingerprint density at radius 1 is 0.320 bits per heavy atom. The first-order chi connectivity index (χ1) is 60.7. The number of hydrogen-bond acceptors (Lipinski definition) is 17. The Kier molecular flexibility index (Phi) is 28.4. The maximum absolute atomic E-state index is 13.4. The molecule has 0 unspecified atom stereocenters. The van der Waals surface area contributed by atoms with E-state index < -0.39 is 11.7 Å². The van der Waals surface area contributed by atoms with Gasteiger partial charge >= 0.3 is 0 Å². The zero-order chi connectivity index (χ0) is 87.7. The number of ether oxygens (including phenoxy) is 1. The number of benzene rings is 12. The number of halogens is 1. The van der Waals surface area contributed by atoms with Crippen LogP contribution >= 0.6 is 0 Å². The summed E-state index contributed by atoms with van der Waals surface area (Å²) >= 11 is 0. The highest BCUT2D eigenvalue weighted by atomic mass is 19.1. The van der Waals surface area contributed by atoms with E-state index in [1.54, 1.807) is 94.3 Å². The van der Waals surface area contributed by atoms with Crippen molar-refractivity contribution in [2.45, 2.75) is 54.4 Å². The maximum atomic E-state index is 13.4. The largest absolute Gasteiger partial charge is 0.496 e. The van der Waals surface area contributed by atoms with Gasteiger partial charge in [-0.15, -0.1) is 20.4 Å². The van der Waals surface area contributed by atoms with Crippen molar-refractivity contribution in [1.29, 1.82) is 0 Å². The van der Waals surface area contributed by atoms with Gasteiger partial charge < -0.3 is 10.1 Å². The van der Waals surface area contributed by atoms with Gasteiger partial charge in [-0.1, -0.05) is 211 Å². The highest BCUT2D eigenvalue weighted by Gasteiger charge is 2.25. The molecule has 7 N–H and O–H groups in total. The summed E-state index contributed by atoms with van der Waals surface area (Å²) in [5, 5.41) is 37.6. The summed E-state index contributed by atoms with van der Waals surface area (Å²) in [6.07, 6.45) is 0.893. The third kappa shape index (κ3) is 22.8. The predicted octanol–water partition coefficient (Wildman–Crippen LogP) is 17.7. The van der Waals surface area contributed by atoms with Gasteiger partial charge in [0.15, 0.2) is 11.6 Å². The summed E-state index contributed by atoms with van der Waals surface area (Å²) in [5.41, 5.74) is 12.9. The molecule has 16 rings (SSSR count). The minimum absolute atomic E-state index is 0.00246. The van der Waals surface area contributed by atoms with Gasteiger partial charge in [-0.2, -0.15) is 38.7 Å². The fourth-order valence-corrected chi connectivity index (χ4v) is 12.9. The lowest BCUT2D eigenvalue weighted by Crippen LogP contribution is -2.17. The first-order valence-corrected chi connectivity index (χ1v) is 39.7. The first kappa shape index (κ1) is 86.1. The second-order valence-electron chi connectivity index (χ2n) is 28.4. The molecular weight excluding hydrogens is 1580 g/mol. The van der Waals surface area contributed by atoms with Crippen molar-refractivity contribution in [3.63, 3.8) is 0 Å². The van der Waals surface area contributed by atoms with Gasteiger partial charge in [-0.05, 0) is 191 Å². The van der Waals surface area contributed by atoms with Crippen LogP contribution in [0.5, 0.6) is 5.75 Å². The van der Waals surface area contributed by atoms with Gasteiger partial charge in [0.2, 0.25) is 23.8 Å². The van der Waals surface area contributed by atoms with E-state index in [9.17, 15) is 38.0 Å². The molecule has 0 aliphatic rings. The molecule has 0 saturated heterocycles. The Balaban J connectivity index is 0.000000143. The molecule has 0 spiro atoms. The summed E-state index contributed by atoms with van der Waals surface area (Å²) in [6, 6.07) is 94.6. The molecule has 0 bridgehead atoms. The minimum atomic E-state index is -0.413. The van der Waals surface area contributed by atoms with Crippen LogP contribution in [0.3, 0.4) is 0 Å². The number of rotatable bonds is 24. The van der Waals surface area contributed by atoms with E-state index in [1.165, 1.54) is 46.3 Å². The molecule has 624 valence electrons. The van der Waals surface area contributed by atoms with E-state index in [4.69, 9.17) is 4.74 Å². The molecule has 0 saturated carbocycles. The number of amides is 6. The molecule has 0 radical (unpaired) electrons. The fraction of sp³-hybridized carbons (Fsp3) is 0.103. The van der Waals surface area contributed by atoms with Gasteiger partial charge in [-0.25, -0.2) is 4.39 Å². The van der Waals surface area contributed by atoms with Crippen molar-refractivity contribution >= 4 is 82.9 Å². The maximum Gasteiger partial charge on any atom is 0.261 e. The Hall–Kier alpha value is -16.8. The Morgan fingerprint density at radius 2 is 0.656 bits per heavy atom. The molecule has 0 fully saturated rings. The molecule has 0 aliphatic heterocycles. The normalized spacial score (nSPS) is 10.6. The zero-order valence-corrected chi connectivity index (χ0v) is 69.2. The van der Waals surface area contributed by atoms with Crippen LogP contribution in [0.25, 0.3) is 22.7 Å². The number of carbonyl (C=O) groups excluding carboxylic acids is 7. The molecule has 6 amide bonds. The molecule has 12 aromatic carbocycles. The van der Waals surface area contributed by atoms with Crippen LogP contribution in [-0.4, -0.2) is 114 Å². The first-order valence-electron chi connectivity index (χ1n) is 39.7. The highest BCUT2D eigenvalue weighted by Crippen LogP contribution is 2.26. The molecule has 0 aliphatic carbocycles. The molecule has 0 atom stereocenters. The highest BCUT2D eigenvalue weighted by molar-refractivity contribution is 6.08. The predicted molar refractivity (Wildman–Crippen MR) is 480 cm³/mol. The lowest BCUT2D eigenvalue weighted by atomic mass is 10.1. The van der Waals surface area contributed by atoms with E-state index >= 15 is 0 Å². The Bertz CT molecular complexity index is 6500. The third-order valence-electron chi connectivity index (χ3n) is 19.3. The van der Waals surface area contributed by atoms with Crippen LogP contribution in [0.4, 0.5) is 46.0 Å². The van der Waals surface area contributed by atoms with Crippen LogP contribution in [0, 0.1) is 47.4 Å². The number of hydrogen-bond donors (Lipinski definition) is 7. The lowest BCUT2D eigenvalue weighted by molar-refractivity contribution is 0.0985. The molecule has 16 aromatic rings. The van der Waals surface area contributed by atoms with Crippen LogP contribution in [0.2, 0.25) is 0 Å². The molecule has 4 aromatic heterocycles. The molecule has 27 nitrogen and oxygen atoms in total. The fourth-order valence-electron chi connectivity index (χ4n) is 12.9. The summed E-state index contributed by atoms with van der Waals surface area (Å²) in [7, 11) is 1.50. The number of anilines is 7. The van der Waals surface area contributed by atoms with Crippen molar-refractivity contribution in [2.24, 2.45) is 0 Å². The van der Waals surface area contributed by atoms with Crippen molar-refractivity contribution in [3.8, 4) is 28.5 Å². The number of Topliss-reactive ketones (excluding diaryl/α,β-unsaturated/α-hetero) is 1. The number of ketones is 1. The van der Waals surface area contributed by atoms with E-state index in [-0.39, 0.29) is 77.4 Å². The van der Waals surface area contributed by atoms with Crippen LogP contribution < -0.4 is 42.0 Å². The number of aryl methyl sites for hydroxylation is 6. The van der Waals surface area contributed by atoms with Crippen LogP contribution in [-0.2, 0) is 12.8 Å². The van der Waals surface area contributed by atoms with Gasteiger partial charge in [0.05, 0.1) is 41.8 Å². The Morgan fingerprint density at radius 3 is 1.09 bits per heavy atom. The van der Waals surface area contributed by atoms with Crippen molar-refractivity contribution < 1.29 is 42.7 Å². The number of para-hydroxylation sites is 4. The van der Waals surface area contributed by atoms with Gasteiger partial charge in [0, 0.05) is 39.9 Å².